The lowest BCUT2D eigenvalue weighted by molar-refractivity contribution is 0.587. The molecular formula is C14H11ClN2O3S2. The highest BCUT2D eigenvalue weighted by Crippen LogP contribution is 2.16. The Morgan fingerprint density at radius 1 is 1.18 bits per heavy atom. The van der Waals surface area contributed by atoms with Gasteiger partial charge in [0, 0.05) is 11.6 Å². The van der Waals surface area contributed by atoms with E-state index in [0.29, 0.717) is 15.2 Å². The molecule has 22 heavy (non-hydrogen) atoms. The first kappa shape index (κ1) is 15.2. The number of hydrogen-bond donors (Lipinski definition) is 0. The van der Waals surface area contributed by atoms with Crippen molar-refractivity contribution in [2.45, 2.75) is 11.4 Å². The number of hydrogen-bond acceptors (Lipinski definition) is 5. The molecule has 0 amide bonds. The van der Waals surface area contributed by atoms with Gasteiger partial charge in [0.1, 0.15) is 4.70 Å². The minimum Gasteiger partial charge on any atom is -0.297 e. The van der Waals surface area contributed by atoms with Gasteiger partial charge in [-0.1, -0.05) is 11.6 Å². The molecule has 0 saturated carbocycles. The van der Waals surface area contributed by atoms with Gasteiger partial charge in [-0.2, -0.15) is 0 Å². The van der Waals surface area contributed by atoms with Crippen molar-refractivity contribution in [3.8, 4) is 0 Å². The molecule has 0 aliphatic heterocycles. The Morgan fingerprint density at radius 3 is 2.64 bits per heavy atom. The quantitative estimate of drug-likeness (QED) is 0.722. The molecule has 1 aromatic carbocycles. The summed E-state index contributed by atoms with van der Waals surface area (Å²) < 4.78 is 26.4. The zero-order chi connectivity index (χ0) is 15.7. The Kier molecular flexibility index (Phi) is 4.03. The lowest BCUT2D eigenvalue weighted by Gasteiger charge is -2.07. The number of aryl methyl sites for hydroxylation is 1. The first-order valence-corrected chi connectivity index (χ1v) is 9.29. The number of rotatable bonds is 4. The lowest BCUT2D eigenvalue weighted by atomic mass is 10.4. The Labute approximate surface area is 135 Å². The Morgan fingerprint density at radius 2 is 1.91 bits per heavy atom. The fraction of sp³-hybridized carbons (Fsp3) is 0.143. The Bertz CT molecular complexity index is 975. The average molecular weight is 355 g/mol. The van der Waals surface area contributed by atoms with Crippen LogP contribution in [0.25, 0.3) is 10.2 Å². The first-order chi connectivity index (χ1) is 10.5. The number of nitrogens with zero attached hydrogens (tertiary/aromatic N) is 2. The van der Waals surface area contributed by atoms with Crippen molar-refractivity contribution in [2.75, 3.05) is 5.75 Å². The van der Waals surface area contributed by atoms with E-state index >= 15 is 0 Å². The number of thiophene rings is 1. The smallest absolute Gasteiger partial charge is 0.271 e. The molecule has 2 heterocycles. The van der Waals surface area contributed by atoms with E-state index < -0.39 is 9.84 Å². The van der Waals surface area contributed by atoms with Crippen molar-refractivity contribution in [3.05, 3.63) is 57.4 Å². The van der Waals surface area contributed by atoms with E-state index in [2.05, 4.69) is 4.98 Å². The molecule has 0 bridgehead atoms. The predicted octanol–water partition coefficient (Wildman–Crippen LogP) is 2.59. The van der Waals surface area contributed by atoms with E-state index in [1.807, 2.05) is 0 Å². The summed E-state index contributed by atoms with van der Waals surface area (Å²) in [6.07, 6.45) is 1.38. The van der Waals surface area contributed by atoms with Gasteiger partial charge in [-0.25, -0.2) is 13.4 Å². The standard InChI is InChI=1S/C14H11ClN2O3S2/c15-10-1-3-11(4-2-10)22(19,20)8-6-17-9-16-12-5-7-21-13(12)14(17)18/h1-5,7,9H,6,8H2. The molecule has 8 heteroatoms. The molecule has 5 nitrogen and oxygen atoms in total. The SMILES string of the molecule is O=c1c2sccc2ncn1CCS(=O)(=O)c1ccc(Cl)cc1. The van der Waals surface area contributed by atoms with E-state index in [1.54, 1.807) is 11.4 Å². The van der Waals surface area contributed by atoms with Crippen LogP contribution in [0, 0.1) is 0 Å². The molecule has 2 aromatic heterocycles. The van der Waals surface area contributed by atoms with Crippen LogP contribution >= 0.6 is 22.9 Å². The molecule has 0 spiro atoms. The normalized spacial score (nSPS) is 11.9. The van der Waals surface area contributed by atoms with Crippen LogP contribution in [0.4, 0.5) is 0 Å². The number of aromatic nitrogens is 2. The van der Waals surface area contributed by atoms with Gasteiger partial charge in [0.25, 0.3) is 5.56 Å². The van der Waals surface area contributed by atoms with E-state index in [1.165, 1.54) is 46.5 Å². The second-order valence-corrected chi connectivity index (χ2v) is 8.11. The topological polar surface area (TPSA) is 69.0 Å². The number of fused-ring (bicyclic) bond motifs is 1. The highest BCUT2D eigenvalue weighted by atomic mass is 35.5. The van der Waals surface area contributed by atoms with Crippen molar-refractivity contribution in [2.24, 2.45) is 0 Å². The van der Waals surface area contributed by atoms with Crippen molar-refractivity contribution in [3.63, 3.8) is 0 Å². The van der Waals surface area contributed by atoms with Gasteiger partial charge in [-0.3, -0.25) is 9.36 Å². The van der Waals surface area contributed by atoms with E-state index in [-0.39, 0.29) is 22.8 Å². The van der Waals surface area contributed by atoms with Crippen molar-refractivity contribution < 1.29 is 8.42 Å². The van der Waals surface area contributed by atoms with Crippen LogP contribution in [0.1, 0.15) is 0 Å². The molecule has 0 aliphatic carbocycles. The van der Waals surface area contributed by atoms with Crippen molar-refractivity contribution in [1.82, 2.24) is 9.55 Å². The fourth-order valence-corrected chi connectivity index (χ4v) is 4.16. The molecule has 3 aromatic rings. The molecule has 0 atom stereocenters. The van der Waals surface area contributed by atoms with Crippen LogP contribution in [-0.2, 0) is 16.4 Å². The number of halogens is 1. The first-order valence-electron chi connectivity index (χ1n) is 6.38. The van der Waals surface area contributed by atoms with Gasteiger partial charge in [-0.15, -0.1) is 11.3 Å². The van der Waals surface area contributed by atoms with Crippen molar-refractivity contribution in [1.29, 1.82) is 0 Å². The maximum Gasteiger partial charge on any atom is 0.271 e. The van der Waals surface area contributed by atoms with Gasteiger partial charge in [0.2, 0.25) is 0 Å². The maximum absolute atomic E-state index is 12.3. The monoisotopic (exact) mass is 354 g/mol. The summed E-state index contributed by atoms with van der Waals surface area (Å²) in [5.41, 5.74) is 0.415. The number of sulfone groups is 1. The Balaban J connectivity index is 1.85. The third-order valence-corrected chi connectivity index (χ3v) is 6.06. The molecule has 0 fully saturated rings. The summed E-state index contributed by atoms with van der Waals surface area (Å²) in [4.78, 5) is 16.5. The van der Waals surface area contributed by atoms with Gasteiger partial charge in [0.05, 0.1) is 22.5 Å². The molecular weight excluding hydrogens is 344 g/mol. The van der Waals surface area contributed by atoms with Crippen molar-refractivity contribution >= 4 is 43.0 Å². The lowest BCUT2D eigenvalue weighted by Crippen LogP contribution is -2.24. The minimum absolute atomic E-state index is 0.0602. The zero-order valence-corrected chi connectivity index (χ0v) is 13.7. The largest absolute Gasteiger partial charge is 0.297 e. The van der Waals surface area contributed by atoms with Gasteiger partial charge in [-0.05, 0) is 35.7 Å². The predicted molar refractivity (Wildman–Crippen MR) is 87.4 cm³/mol. The van der Waals surface area contributed by atoms with Gasteiger partial charge >= 0.3 is 0 Å². The van der Waals surface area contributed by atoms with Crippen LogP contribution in [0.5, 0.6) is 0 Å². The zero-order valence-electron chi connectivity index (χ0n) is 11.3. The van der Waals surface area contributed by atoms with Gasteiger partial charge in [0.15, 0.2) is 9.84 Å². The average Bonchev–Trinajstić information content (AvgIpc) is 2.96. The molecule has 0 unspecified atom stereocenters. The highest BCUT2D eigenvalue weighted by Gasteiger charge is 2.15. The van der Waals surface area contributed by atoms with Crippen LogP contribution in [-0.4, -0.2) is 23.7 Å². The highest BCUT2D eigenvalue weighted by molar-refractivity contribution is 7.91. The summed E-state index contributed by atoms with van der Waals surface area (Å²) in [6.45, 7) is 0.0602. The minimum atomic E-state index is -3.47. The van der Waals surface area contributed by atoms with Crippen LogP contribution in [0.15, 0.2) is 51.7 Å². The van der Waals surface area contributed by atoms with Crippen LogP contribution < -0.4 is 5.56 Å². The van der Waals surface area contributed by atoms with E-state index in [0.717, 1.165) is 0 Å². The second-order valence-electron chi connectivity index (χ2n) is 4.65. The van der Waals surface area contributed by atoms with Gasteiger partial charge < -0.3 is 0 Å². The molecule has 0 saturated heterocycles. The van der Waals surface area contributed by atoms with E-state index in [4.69, 9.17) is 11.6 Å². The number of benzene rings is 1. The summed E-state index contributed by atoms with van der Waals surface area (Å²) >= 11 is 7.05. The summed E-state index contributed by atoms with van der Waals surface area (Å²) in [7, 11) is -3.47. The summed E-state index contributed by atoms with van der Waals surface area (Å²) in [6, 6.07) is 7.73. The molecule has 114 valence electrons. The molecule has 0 aliphatic rings. The Hall–Kier alpha value is -1.70. The third kappa shape index (κ3) is 2.92. The third-order valence-electron chi connectivity index (χ3n) is 3.21. The van der Waals surface area contributed by atoms with E-state index in [9.17, 15) is 13.2 Å². The summed E-state index contributed by atoms with van der Waals surface area (Å²) in [5, 5.41) is 2.26. The molecule has 0 N–H and O–H groups in total. The molecule has 0 radical (unpaired) electrons. The maximum atomic E-state index is 12.3. The van der Waals surface area contributed by atoms with Crippen LogP contribution in [0.3, 0.4) is 0 Å². The fourth-order valence-electron chi connectivity index (χ4n) is 2.02. The summed E-state index contributed by atoms with van der Waals surface area (Å²) in [5.74, 6) is -0.174. The van der Waals surface area contributed by atoms with Crippen LogP contribution in [0.2, 0.25) is 5.02 Å². The molecule has 3 rings (SSSR count). The second kappa shape index (κ2) is 5.83.